The van der Waals surface area contributed by atoms with Gasteiger partial charge < -0.3 is 15.1 Å². The van der Waals surface area contributed by atoms with Gasteiger partial charge >= 0.3 is 0 Å². The number of hydrogen-bond acceptors (Lipinski definition) is 5. The molecule has 2 amide bonds. The van der Waals surface area contributed by atoms with Crippen molar-refractivity contribution in [2.45, 2.75) is 59.0 Å². The summed E-state index contributed by atoms with van der Waals surface area (Å²) in [5.74, 6) is 1.74. The lowest BCUT2D eigenvalue weighted by atomic mass is 9.99. The number of nitrogens with zero attached hydrogens (tertiary/aromatic N) is 4. The lowest BCUT2D eigenvalue weighted by Crippen LogP contribution is -2.40. The van der Waals surface area contributed by atoms with Gasteiger partial charge in [-0.2, -0.15) is 0 Å². The van der Waals surface area contributed by atoms with Gasteiger partial charge in [-0.05, 0) is 19.3 Å². The molecule has 0 aliphatic carbocycles. The number of likely N-dealkylation sites (tertiary alicyclic amines) is 1. The number of anilines is 1. The molecule has 3 heterocycles. The SMILES string of the molecule is CNc1nc([C@@H]2CCCCN2C(C)=O)nc2c1CN(C(=O)C(C)C)CC2. The molecule has 2 aliphatic rings. The first-order chi connectivity index (χ1) is 12.4. The van der Waals surface area contributed by atoms with Gasteiger partial charge in [-0.1, -0.05) is 13.8 Å². The van der Waals surface area contributed by atoms with Crippen LogP contribution in [0.2, 0.25) is 0 Å². The number of amides is 2. The van der Waals surface area contributed by atoms with Gasteiger partial charge in [0.05, 0.1) is 18.3 Å². The zero-order chi connectivity index (χ0) is 18.8. The van der Waals surface area contributed by atoms with Crippen LogP contribution >= 0.6 is 0 Å². The lowest BCUT2D eigenvalue weighted by molar-refractivity contribution is -0.135. The number of fused-ring (bicyclic) bond motifs is 1. The minimum Gasteiger partial charge on any atom is -0.373 e. The molecule has 0 bridgehead atoms. The maximum absolute atomic E-state index is 12.4. The van der Waals surface area contributed by atoms with Crippen molar-refractivity contribution >= 4 is 17.6 Å². The molecule has 0 radical (unpaired) electrons. The molecule has 0 spiro atoms. The first-order valence-corrected chi connectivity index (χ1v) is 9.55. The molecule has 7 heteroatoms. The van der Waals surface area contributed by atoms with E-state index < -0.39 is 0 Å². The highest BCUT2D eigenvalue weighted by molar-refractivity contribution is 5.78. The van der Waals surface area contributed by atoms with Crippen LogP contribution in [-0.2, 0) is 22.6 Å². The topological polar surface area (TPSA) is 78.4 Å². The number of hydrogen-bond donors (Lipinski definition) is 1. The van der Waals surface area contributed by atoms with Crippen molar-refractivity contribution in [3.8, 4) is 0 Å². The summed E-state index contributed by atoms with van der Waals surface area (Å²) in [5, 5.41) is 3.17. The average molecular weight is 359 g/mol. The predicted molar refractivity (Wildman–Crippen MR) is 99.5 cm³/mol. The van der Waals surface area contributed by atoms with Crippen LogP contribution in [0.15, 0.2) is 0 Å². The number of aromatic nitrogens is 2. The third-order valence-electron chi connectivity index (χ3n) is 5.33. The van der Waals surface area contributed by atoms with E-state index in [4.69, 9.17) is 9.97 Å². The van der Waals surface area contributed by atoms with Crippen LogP contribution in [-0.4, -0.2) is 51.7 Å². The number of carbonyl (C=O) groups excluding carboxylic acids is 2. The fourth-order valence-electron chi connectivity index (χ4n) is 3.92. The summed E-state index contributed by atoms with van der Waals surface area (Å²) in [5.41, 5.74) is 2.00. The van der Waals surface area contributed by atoms with Crippen molar-refractivity contribution < 1.29 is 9.59 Å². The third kappa shape index (κ3) is 3.52. The zero-order valence-electron chi connectivity index (χ0n) is 16.2. The lowest BCUT2D eigenvalue weighted by Gasteiger charge is -2.35. The Morgan fingerprint density at radius 1 is 1.19 bits per heavy atom. The summed E-state index contributed by atoms with van der Waals surface area (Å²) >= 11 is 0. The molecule has 142 valence electrons. The maximum Gasteiger partial charge on any atom is 0.225 e. The van der Waals surface area contributed by atoms with Gasteiger partial charge in [0.1, 0.15) is 5.82 Å². The summed E-state index contributed by atoms with van der Waals surface area (Å²) < 4.78 is 0. The molecule has 0 aromatic carbocycles. The van der Waals surface area contributed by atoms with E-state index in [1.807, 2.05) is 30.7 Å². The van der Waals surface area contributed by atoms with Crippen molar-refractivity contribution in [1.82, 2.24) is 19.8 Å². The number of piperidine rings is 1. The minimum atomic E-state index is -0.0472. The van der Waals surface area contributed by atoms with Crippen LogP contribution in [0.5, 0.6) is 0 Å². The van der Waals surface area contributed by atoms with E-state index in [0.717, 1.165) is 55.1 Å². The molecule has 0 unspecified atom stereocenters. The first kappa shape index (κ1) is 18.6. The fourth-order valence-corrected chi connectivity index (χ4v) is 3.92. The van der Waals surface area contributed by atoms with Crippen LogP contribution in [0, 0.1) is 5.92 Å². The van der Waals surface area contributed by atoms with E-state index in [-0.39, 0.29) is 23.8 Å². The molecule has 1 saturated heterocycles. The predicted octanol–water partition coefficient (Wildman–Crippen LogP) is 2.13. The molecule has 26 heavy (non-hydrogen) atoms. The van der Waals surface area contributed by atoms with Crippen LogP contribution in [0.1, 0.15) is 63.2 Å². The maximum atomic E-state index is 12.4. The second kappa shape index (κ2) is 7.60. The quantitative estimate of drug-likeness (QED) is 0.894. The van der Waals surface area contributed by atoms with Gasteiger partial charge in [0.15, 0.2) is 5.82 Å². The van der Waals surface area contributed by atoms with E-state index in [0.29, 0.717) is 13.1 Å². The van der Waals surface area contributed by atoms with Crippen LogP contribution in [0.3, 0.4) is 0 Å². The normalized spacial score (nSPS) is 20.1. The van der Waals surface area contributed by atoms with E-state index in [9.17, 15) is 9.59 Å². The molecule has 1 atom stereocenters. The van der Waals surface area contributed by atoms with Gasteiger partial charge in [0, 0.05) is 45.0 Å². The van der Waals surface area contributed by atoms with Crippen LogP contribution in [0.4, 0.5) is 5.82 Å². The van der Waals surface area contributed by atoms with Gasteiger partial charge in [-0.15, -0.1) is 0 Å². The zero-order valence-corrected chi connectivity index (χ0v) is 16.2. The first-order valence-electron chi connectivity index (χ1n) is 9.55. The standard InChI is InChI=1S/C19H29N5O2/c1-12(2)19(26)23-10-8-15-14(11-23)17(20-4)22-18(21-15)16-7-5-6-9-24(16)13(3)25/h12,16H,5-11H2,1-4H3,(H,20,21,22)/t16-/m0/s1. The smallest absolute Gasteiger partial charge is 0.225 e. The van der Waals surface area contributed by atoms with Crippen molar-refractivity contribution in [3.63, 3.8) is 0 Å². The molecular weight excluding hydrogens is 330 g/mol. The molecule has 1 aromatic heterocycles. The molecule has 2 aliphatic heterocycles. The van der Waals surface area contributed by atoms with E-state index >= 15 is 0 Å². The van der Waals surface area contributed by atoms with Crippen molar-refractivity contribution in [3.05, 3.63) is 17.1 Å². The Morgan fingerprint density at radius 2 is 1.96 bits per heavy atom. The fraction of sp³-hybridized carbons (Fsp3) is 0.684. The minimum absolute atomic E-state index is 0.0128. The molecule has 3 rings (SSSR count). The summed E-state index contributed by atoms with van der Waals surface area (Å²) in [4.78, 5) is 37.7. The molecule has 7 nitrogen and oxygen atoms in total. The van der Waals surface area contributed by atoms with Crippen molar-refractivity contribution in [2.24, 2.45) is 5.92 Å². The second-order valence-electron chi connectivity index (χ2n) is 7.49. The molecule has 0 saturated carbocycles. The van der Waals surface area contributed by atoms with E-state index in [1.165, 1.54) is 0 Å². The van der Waals surface area contributed by atoms with Crippen molar-refractivity contribution in [2.75, 3.05) is 25.5 Å². The third-order valence-corrected chi connectivity index (χ3v) is 5.33. The second-order valence-corrected chi connectivity index (χ2v) is 7.49. The van der Waals surface area contributed by atoms with Crippen LogP contribution < -0.4 is 5.32 Å². The summed E-state index contributed by atoms with van der Waals surface area (Å²) in [7, 11) is 1.85. The Kier molecular flexibility index (Phi) is 5.44. The monoisotopic (exact) mass is 359 g/mol. The molecule has 1 aromatic rings. The van der Waals surface area contributed by atoms with Crippen LogP contribution in [0.25, 0.3) is 0 Å². The number of rotatable bonds is 3. The van der Waals surface area contributed by atoms with E-state index in [1.54, 1.807) is 6.92 Å². The highest BCUT2D eigenvalue weighted by atomic mass is 16.2. The summed E-state index contributed by atoms with van der Waals surface area (Å²) in [6.45, 7) is 7.47. The molecule has 1 N–H and O–H groups in total. The Morgan fingerprint density at radius 3 is 2.62 bits per heavy atom. The average Bonchev–Trinajstić information content (AvgIpc) is 2.65. The number of carbonyl (C=O) groups is 2. The highest BCUT2D eigenvalue weighted by Gasteiger charge is 2.31. The van der Waals surface area contributed by atoms with E-state index in [2.05, 4.69) is 5.32 Å². The largest absolute Gasteiger partial charge is 0.373 e. The highest BCUT2D eigenvalue weighted by Crippen LogP contribution is 2.32. The van der Waals surface area contributed by atoms with Gasteiger partial charge in [-0.3, -0.25) is 9.59 Å². The Labute approximate surface area is 155 Å². The van der Waals surface area contributed by atoms with Gasteiger partial charge in [-0.25, -0.2) is 9.97 Å². The number of nitrogens with one attached hydrogen (secondary N) is 1. The molecular formula is C19H29N5O2. The Balaban J connectivity index is 1.92. The summed E-state index contributed by atoms with van der Waals surface area (Å²) in [6, 6.07) is -0.0472. The molecule has 1 fully saturated rings. The Hall–Kier alpha value is -2.18. The Bertz CT molecular complexity index is 686. The van der Waals surface area contributed by atoms with Gasteiger partial charge in [0.2, 0.25) is 11.8 Å². The van der Waals surface area contributed by atoms with Crippen molar-refractivity contribution in [1.29, 1.82) is 0 Å². The van der Waals surface area contributed by atoms with Gasteiger partial charge in [0.25, 0.3) is 0 Å². The summed E-state index contributed by atoms with van der Waals surface area (Å²) in [6.07, 6.45) is 3.75.